The number of para-hydroxylation sites is 4. The molecule has 3 aromatic rings. The molecule has 26 heavy (non-hydrogen) atoms. The highest BCUT2D eigenvalue weighted by atomic mass is 16.5. The fourth-order valence-corrected chi connectivity index (χ4v) is 2.68. The minimum absolute atomic E-state index is 0.628. The Morgan fingerprint density at radius 2 is 1.12 bits per heavy atom. The van der Waals surface area contributed by atoms with Gasteiger partial charge < -0.3 is 20.1 Å². The van der Waals surface area contributed by atoms with Crippen LogP contribution in [-0.2, 0) is 13.1 Å². The van der Waals surface area contributed by atoms with E-state index < -0.39 is 0 Å². The first-order chi connectivity index (χ1) is 12.8. The molecule has 0 fully saturated rings. The van der Waals surface area contributed by atoms with E-state index in [0.717, 1.165) is 34.3 Å². The third kappa shape index (κ3) is 4.45. The van der Waals surface area contributed by atoms with Crippen molar-refractivity contribution in [3.05, 3.63) is 78.1 Å². The average molecular weight is 349 g/mol. The number of aromatic nitrogens is 1. The number of pyridine rings is 1. The van der Waals surface area contributed by atoms with Crippen LogP contribution in [0.3, 0.4) is 0 Å². The van der Waals surface area contributed by atoms with Gasteiger partial charge in [-0.1, -0.05) is 30.3 Å². The zero-order valence-electron chi connectivity index (χ0n) is 15.0. The number of methoxy groups -OCH3 is 2. The van der Waals surface area contributed by atoms with Crippen molar-refractivity contribution in [1.82, 2.24) is 4.98 Å². The van der Waals surface area contributed by atoms with E-state index in [2.05, 4.69) is 10.6 Å². The van der Waals surface area contributed by atoms with Gasteiger partial charge in [0, 0.05) is 0 Å². The van der Waals surface area contributed by atoms with E-state index >= 15 is 0 Å². The first-order valence-corrected chi connectivity index (χ1v) is 8.48. The van der Waals surface area contributed by atoms with Gasteiger partial charge in [0.1, 0.15) is 11.5 Å². The third-order valence-corrected chi connectivity index (χ3v) is 4.00. The molecule has 1 heterocycles. The lowest BCUT2D eigenvalue weighted by molar-refractivity contribution is 0.416. The van der Waals surface area contributed by atoms with Crippen LogP contribution in [0.25, 0.3) is 0 Å². The van der Waals surface area contributed by atoms with Crippen molar-refractivity contribution in [1.29, 1.82) is 0 Å². The van der Waals surface area contributed by atoms with Crippen molar-refractivity contribution in [2.45, 2.75) is 13.1 Å². The number of anilines is 2. The summed E-state index contributed by atoms with van der Waals surface area (Å²) in [5.74, 6) is 1.64. The van der Waals surface area contributed by atoms with Gasteiger partial charge in [0.05, 0.1) is 50.1 Å². The van der Waals surface area contributed by atoms with Crippen LogP contribution < -0.4 is 20.1 Å². The molecule has 0 aliphatic heterocycles. The molecule has 2 aromatic carbocycles. The molecule has 0 aliphatic carbocycles. The Morgan fingerprint density at radius 3 is 1.58 bits per heavy atom. The standard InChI is InChI=1S/C21H23N3O2/c1-25-20-12-5-3-10-18(20)22-14-16-8-7-9-17(24-16)15-23-19-11-4-6-13-21(19)26-2/h3-13,22-23H,14-15H2,1-2H3. The Morgan fingerprint density at radius 1 is 0.654 bits per heavy atom. The van der Waals surface area contributed by atoms with E-state index in [0.29, 0.717) is 13.1 Å². The van der Waals surface area contributed by atoms with Crippen LogP contribution in [-0.4, -0.2) is 19.2 Å². The fraction of sp³-hybridized carbons (Fsp3) is 0.190. The molecule has 0 saturated carbocycles. The maximum atomic E-state index is 5.36. The van der Waals surface area contributed by atoms with Gasteiger partial charge in [-0.2, -0.15) is 0 Å². The van der Waals surface area contributed by atoms with Crippen molar-refractivity contribution < 1.29 is 9.47 Å². The second-order valence-corrected chi connectivity index (χ2v) is 5.73. The molecule has 0 saturated heterocycles. The molecule has 0 amide bonds. The SMILES string of the molecule is COc1ccccc1NCc1cccc(CNc2ccccc2OC)n1. The lowest BCUT2D eigenvalue weighted by Gasteiger charge is -2.12. The molecule has 0 bridgehead atoms. The van der Waals surface area contributed by atoms with Crippen LogP contribution in [0.15, 0.2) is 66.7 Å². The molecule has 5 nitrogen and oxygen atoms in total. The third-order valence-electron chi connectivity index (χ3n) is 4.00. The predicted molar refractivity (Wildman–Crippen MR) is 105 cm³/mol. The first-order valence-electron chi connectivity index (χ1n) is 8.48. The zero-order chi connectivity index (χ0) is 18.2. The van der Waals surface area contributed by atoms with Gasteiger partial charge in [-0.15, -0.1) is 0 Å². The summed E-state index contributed by atoms with van der Waals surface area (Å²) in [4.78, 5) is 4.71. The van der Waals surface area contributed by atoms with Crippen LogP contribution in [0, 0.1) is 0 Å². The second kappa shape index (κ2) is 8.76. The maximum Gasteiger partial charge on any atom is 0.141 e. The number of hydrogen-bond acceptors (Lipinski definition) is 5. The Hall–Kier alpha value is -3.21. The lowest BCUT2D eigenvalue weighted by atomic mass is 10.2. The van der Waals surface area contributed by atoms with Crippen LogP contribution >= 0.6 is 0 Å². The summed E-state index contributed by atoms with van der Waals surface area (Å²) in [6.45, 7) is 1.26. The van der Waals surface area contributed by atoms with Gasteiger partial charge in [-0.05, 0) is 36.4 Å². The molecule has 0 atom stereocenters. The van der Waals surface area contributed by atoms with Gasteiger partial charge >= 0.3 is 0 Å². The van der Waals surface area contributed by atoms with E-state index in [-0.39, 0.29) is 0 Å². The van der Waals surface area contributed by atoms with Crippen LogP contribution in [0.1, 0.15) is 11.4 Å². The van der Waals surface area contributed by atoms with E-state index in [4.69, 9.17) is 14.5 Å². The Bertz CT molecular complexity index is 785. The van der Waals surface area contributed by atoms with Crippen molar-refractivity contribution in [3.8, 4) is 11.5 Å². The minimum Gasteiger partial charge on any atom is -0.495 e. The van der Waals surface area contributed by atoms with E-state index in [9.17, 15) is 0 Å². The summed E-state index contributed by atoms with van der Waals surface area (Å²) in [5, 5.41) is 6.74. The first kappa shape index (κ1) is 17.6. The largest absolute Gasteiger partial charge is 0.495 e. The van der Waals surface area contributed by atoms with Crippen molar-refractivity contribution in [2.24, 2.45) is 0 Å². The number of rotatable bonds is 8. The molecular formula is C21H23N3O2. The van der Waals surface area contributed by atoms with E-state index in [1.54, 1.807) is 14.2 Å². The molecule has 0 aliphatic rings. The summed E-state index contributed by atoms with van der Waals surface area (Å²) < 4.78 is 10.7. The molecule has 1 aromatic heterocycles. The number of hydrogen-bond donors (Lipinski definition) is 2. The Balaban J connectivity index is 1.63. The van der Waals surface area contributed by atoms with E-state index in [1.807, 2.05) is 66.7 Å². The van der Waals surface area contributed by atoms with Crippen LogP contribution in [0.2, 0.25) is 0 Å². The second-order valence-electron chi connectivity index (χ2n) is 5.73. The topological polar surface area (TPSA) is 55.4 Å². The lowest BCUT2D eigenvalue weighted by Crippen LogP contribution is -2.07. The molecule has 2 N–H and O–H groups in total. The summed E-state index contributed by atoms with van der Waals surface area (Å²) in [6.07, 6.45) is 0. The maximum absolute atomic E-state index is 5.36. The predicted octanol–water partition coefficient (Wildman–Crippen LogP) is 4.32. The number of nitrogens with zero attached hydrogens (tertiary/aromatic N) is 1. The Kier molecular flexibility index (Phi) is 5.93. The smallest absolute Gasteiger partial charge is 0.141 e. The Labute approximate surface area is 154 Å². The van der Waals surface area contributed by atoms with Crippen LogP contribution in [0.5, 0.6) is 11.5 Å². The quantitative estimate of drug-likeness (QED) is 0.634. The summed E-state index contributed by atoms with van der Waals surface area (Å²) in [6, 6.07) is 21.7. The summed E-state index contributed by atoms with van der Waals surface area (Å²) >= 11 is 0. The average Bonchev–Trinajstić information content (AvgIpc) is 2.71. The van der Waals surface area contributed by atoms with Gasteiger partial charge in [-0.3, -0.25) is 4.98 Å². The van der Waals surface area contributed by atoms with Gasteiger partial charge in [-0.25, -0.2) is 0 Å². The molecule has 134 valence electrons. The monoisotopic (exact) mass is 349 g/mol. The molecule has 5 heteroatoms. The van der Waals surface area contributed by atoms with Crippen molar-refractivity contribution in [2.75, 3.05) is 24.9 Å². The van der Waals surface area contributed by atoms with Crippen molar-refractivity contribution in [3.63, 3.8) is 0 Å². The zero-order valence-corrected chi connectivity index (χ0v) is 15.0. The normalized spacial score (nSPS) is 10.2. The molecule has 3 rings (SSSR count). The molecule has 0 unspecified atom stereocenters. The minimum atomic E-state index is 0.628. The molecule has 0 spiro atoms. The highest BCUT2D eigenvalue weighted by Crippen LogP contribution is 2.24. The molecular weight excluding hydrogens is 326 g/mol. The molecule has 0 radical (unpaired) electrons. The number of benzene rings is 2. The highest BCUT2D eigenvalue weighted by molar-refractivity contribution is 5.57. The van der Waals surface area contributed by atoms with E-state index in [1.165, 1.54) is 0 Å². The number of nitrogens with one attached hydrogen (secondary N) is 2. The van der Waals surface area contributed by atoms with Gasteiger partial charge in [0.2, 0.25) is 0 Å². The summed E-state index contributed by atoms with van der Waals surface area (Å²) in [5.41, 5.74) is 3.84. The highest BCUT2D eigenvalue weighted by Gasteiger charge is 2.04. The number of ether oxygens (including phenoxy) is 2. The summed E-state index contributed by atoms with van der Waals surface area (Å²) in [7, 11) is 3.34. The van der Waals surface area contributed by atoms with Crippen molar-refractivity contribution >= 4 is 11.4 Å². The van der Waals surface area contributed by atoms with Gasteiger partial charge in [0.25, 0.3) is 0 Å². The van der Waals surface area contributed by atoms with Crippen LogP contribution in [0.4, 0.5) is 11.4 Å². The fourth-order valence-electron chi connectivity index (χ4n) is 2.68. The van der Waals surface area contributed by atoms with Gasteiger partial charge in [0.15, 0.2) is 0 Å².